The summed E-state index contributed by atoms with van der Waals surface area (Å²) in [6.45, 7) is 4.22. The second kappa shape index (κ2) is 3.93. The summed E-state index contributed by atoms with van der Waals surface area (Å²) < 4.78 is 0. The van der Waals surface area contributed by atoms with Gasteiger partial charge in [-0.3, -0.25) is 14.5 Å². The topological polar surface area (TPSA) is 49.4 Å². The van der Waals surface area contributed by atoms with Crippen molar-refractivity contribution in [2.24, 2.45) is 5.41 Å². The maximum Gasteiger partial charge on any atom is 0.237 e. The van der Waals surface area contributed by atoms with E-state index in [1.165, 1.54) is 4.90 Å². The van der Waals surface area contributed by atoms with Crippen LogP contribution in [0.25, 0.3) is 0 Å². The number of nitrogens with one attached hydrogen (secondary N) is 1. The number of carbonyl (C=O) groups excluding carboxylic acids is 2. The average Bonchev–Trinajstić information content (AvgIpc) is 2.45. The molecule has 1 N–H and O–H groups in total. The van der Waals surface area contributed by atoms with Gasteiger partial charge in [0.1, 0.15) is 0 Å². The Balaban J connectivity index is 2.15. The molecule has 4 nitrogen and oxygen atoms in total. The lowest BCUT2D eigenvalue weighted by molar-refractivity contribution is -0.141. The number of rotatable bonds is 2. The Labute approximate surface area is 90.0 Å². The summed E-state index contributed by atoms with van der Waals surface area (Å²) >= 11 is 0. The van der Waals surface area contributed by atoms with E-state index in [0.29, 0.717) is 19.5 Å². The number of hydrogen-bond acceptors (Lipinski definition) is 3. The van der Waals surface area contributed by atoms with Crippen molar-refractivity contribution in [3.63, 3.8) is 0 Å². The summed E-state index contributed by atoms with van der Waals surface area (Å²) in [5.41, 5.74) is -0.398. The van der Waals surface area contributed by atoms with E-state index < -0.39 is 5.41 Å². The molecule has 0 saturated carbocycles. The monoisotopic (exact) mass is 210 g/mol. The molecule has 2 saturated heterocycles. The number of piperidine rings is 1. The molecule has 2 fully saturated rings. The van der Waals surface area contributed by atoms with Crippen LogP contribution in [0, 0.1) is 5.41 Å². The Hall–Kier alpha value is -0.900. The molecule has 2 aliphatic rings. The lowest BCUT2D eigenvalue weighted by Crippen LogP contribution is -2.45. The highest BCUT2D eigenvalue weighted by atomic mass is 16.2. The molecule has 84 valence electrons. The normalized spacial score (nSPS) is 31.7. The first kappa shape index (κ1) is 10.6. The van der Waals surface area contributed by atoms with E-state index in [1.54, 1.807) is 0 Å². The number of likely N-dealkylation sites (tertiary alicyclic amines) is 1. The van der Waals surface area contributed by atoms with Crippen molar-refractivity contribution in [3.8, 4) is 0 Å². The second-order valence-electron chi connectivity index (χ2n) is 4.59. The molecular formula is C11H18N2O2. The largest absolute Gasteiger partial charge is 0.316 e. The molecule has 0 aliphatic carbocycles. The van der Waals surface area contributed by atoms with E-state index in [0.717, 1.165) is 25.8 Å². The van der Waals surface area contributed by atoms with Gasteiger partial charge in [-0.1, -0.05) is 6.92 Å². The van der Waals surface area contributed by atoms with Crippen LogP contribution in [0.15, 0.2) is 0 Å². The number of hydrogen-bond donors (Lipinski definition) is 1. The molecule has 0 bridgehead atoms. The Morgan fingerprint density at radius 1 is 1.47 bits per heavy atom. The summed E-state index contributed by atoms with van der Waals surface area (Å²) in [4.78, 5) is 25.3. The Bertz CT molecular complexity index is 282. The maximum atomic E-state index is 12.1. The number of imide groups is 1. The van der Waals surface area contributed by atoms with Crippen molar-refractivity contribution in [2.75, 3.05) is 19.6 Å². The van der Waals surface area contributed by atoms with Crippen LogP contribution >= 0.6 is 0 Å². The van der Waals surface area contributed by atoms with E-state index in [1.807, 2.05) is 6.92 Å². The van der Waals surface area contributed by atoms with Gasteiger partial charge in [-0.15, -0.1) is 0 Å². The first-order chi connectivity index (χ1) is 7.19. The number of carbonyl (C=O) groups is 2. The first-order valence-electron chi connectivity index (χ1n) is 5.75. The molecule has 4 heteroatoms. The summed E-state index contributed by atoms with van der Waals surface area (Å²) in [5.74, 6) is 0.0760. The van der Waals surface area contributed by atoms with Crippen molar-refractivity contribution < 1.29 is 9.59 Å². The lowest BCUT2D eigenvalue weighted by Gasteiger charge is -2.31. The highest BCUT2D eigenvalue weighted by Gasteiger charge is 2.51. The fourth-order valence-corrected chi connectivity index (χ4v) is 2.61. The maximum absolute atomic E-state index is 12.1. The molecule has 0 unspecified atom stereocenters. The van der Waals surface area contributed by atoms with Crippen molar-refractivity contribution in [1.82, 2.24) is 10.2 Å². The Kier molecular flexibility index (Phi) is 2.78. The van der Waals surface area contributed by atoms with Crippen molar-refractivity contribution >= 4 is 11.8 Å². The summed E-state index contributed by atoms with van der Waals surface area (Å²) in [7, 11) is 0. The van der Waals surface area contributed by atoms with Crippen molar-refractivity contribution in [3.05, 3.63) is 0 Å². The summed E-state index contributed by atoms with van der Waals surface area (Å²) in [5, 5.41) is 3.23. The van der Waals surface area contributed by atoms with Crippen LogP contribution in [0.2, 0.25) is 0 Å². The number of nitrogens with zero attached hydrogens (tertiary/aromatic N) is 1. The third-order valence-corrected chi connectivity index (χ3v) is 3.41. The van der Waals surface area contributed by atoms with Crippen LogP contribution in [-0.2, 0) is 9.59 Å². The van der Waals surface area contributed by atoms with Gasteiger partial charge in [0.25, 0.3) is 0 Å². The zero-order chi connectivity index (χ0) is 10.9. The van der Waals surface area contributed by atoms with Gasteiger partial charge >= 0.3 is 0 Å². The standard InChI is InChI=1S/C11H18N2O2/c1-2-6-13-9(14)7-11(10(13)15)4-3-5-12-8-11/h12H,2-8H2,1H3/t11-/m1/s1. The molecular weight excluding hydrogens is 192 g/mol. The predicted octanol–water partition coefficient (Wildman–Crippen LogP) is 0.525. The molecule has 0 aromatic rings. The van der Waals surface area contributed by atoms with Gasteiger partial charge in [0, 0.05) is 19.5 Å². The van der Waals surface area contributed by atoms with E-state index in [9.17, 15) is 9.59 Å². The fraction of sp³-hybridized carbons (Fsp3) is 0.818. The third-order valence-electron chi connectivity index (χ3n) is 3.41. The lowest BCUT2D eigenvalue weighted by atomic mass is 9.79. The van der Waals surface area contributed by atoms with Crippen LogP contribution in [-0.4, -0.2) is 36.3 Å². The zero-order valence-corrected chi connectivity index (χ0v) is 9.21. The minimum Gasteiger partial charge on any atom is -0.316 e. The zero-order valence-electron chi connectivity index (χ0n) is 9.21. The van der Waals surface area contributed by atoms with E-state index in [2.05, 4.69) is 5.32 Å². The smallest absolute Gasteiger partial charge is 0.237 e. The van der Waals surface area contributed by atoms with Gasteiger partial charge in [-0.25, -0.2) is 0 Å². The molecule has 2 heterocycles. The second-order valence-corrected chi connectivity index (χ2v) is 4.59. The van der Waals surface area contributed by atoms with Gasteiger partial charge in [-0.05, 0) is 25.8 Å². The minimum absolute atomic E-state index is 0.0190. The Morgan fingerprint density at radius 2 is 2.27 bits per heavy atom. The molecule has 15 heavy (non-hydrogen) atoms. The Morgan fingerprint density at radius 3 is 2.87 bits per heavy atom. The molecule has 0 radical (unpaired) electrons. The molecule has 0 aromatic carbocycles. The third kappa shape index (κ3) is 1.67. The number of amides is 2. The van der Waals surface area contributed by atoms with E-state index >= 15 is 0 Å². The fourth-order valence-electron chi connectivity index (χ4n) is 2.61. The van der Waals surface area contributed by atoms with Crippen LogP contribution in [0.1, 0.15) is 32.6 Å². The van der Waals surface area contributed by atoms with E-state index in [-0.39, 0.29) is 11.8 Å². The predicted molar refractivity (Wildman–Crippen MR) is 56.2 cm³/mol. The molecule has 2 aliphatic heterocycles. The molecule has 1 spiro atoms. The highest BCUT2D eigenvalue weighted by Crippen LogP contribution is 2.38. The summed E-state index contributed by atoms with van der Waals surface area (Å²) in [6, 6.07) is 0. The van der Waals surface area contributed by atoms with Crippen LogP contribution in [0.5, 0.6) is 0 Å². The first-order valence-corrected chi connectivity index (χ1v) is 5.75. The van der Waals surface area contributed by atoms with Gasteiger partial charge < -0.3 is 5.32 Å². The van der Waals surface area contributed by atoms with E-state index in [4.69, 9.17) is 0 Å². The SMILES string of the molecule is CCCN1C(=O)C[C@@]2(CCCNC2)C1=O. The van der Waals surface area contributed by atoms with Crippen LogP contribution in [0.4, 0.5) is 0 Å². The van der Waals surface area contributed by atoms with Crippen LogP contribution < -0.4 is 5.32 Å². The van der Waals surface area contributed by atoms with Gasteiger partial charge in [0.05, 0.1) is 5.41 Å². The van der Waals surface area contributed by atoms with Crippen molar-refractivity contribution in [2.45, 2.75) is 32.6 Å². The van der Waals surface area contributed by atoms with Gasteiger partial charge in [0.15, 0.2) is 0 Å². The van der Waals surface area contributed by atoms with Gasteiger partial charge in [-0.2, -0.15) is 0 Å². The van der Waals surface area contributed by atoms with Crippen molar-refractivity contribution in [1.29, 1.82) is 0 Å². The summed E-state index contributed by atoms with van der Waals surface area (Å²) in [6.07, 6.45) is 3.13. The van der Waals surface area contributed by atoms with Gasteiger partial charge in [0.2, 0.25) is 11.8 Å². The quantitative estimate of drug-likeness (QED) is 0.676. The molecule has 1 atom stereocenters. The molecule has 2 rings (SSSR count). The molecule has 2 amide bonds. The highest BCUT2D eigenvalue weighted by molar-refractivity contribution is 6.06. The average molecular weight is 210 g/mol. The van der Waals surface area contributed by atoms with Crippen LogP contribution in [0.3, 0.4) is 0 Å². The molecule has 0 aromatic heterocycles. The minimum atomic E-state index is -0.398.